The summed E-state index contributed by atoms with van der Waals surface area (Å²) in [6, 6.07) is 6.27. The minimum atomic E-state index is -3.53. The van der Waals surface area contributed by atoms with Gasteiger partial charge in [-0.3, -0.25) is 4.68 Å². The highest BCUT2D eigenvalue weighted by Gasteiger charge is 2.31. The maximum Gasteiger partial charge on any atom is 0.246 e. The number of sulfonamides is 1. The summed E-state index contributed by atoms with van der Waals surface area (Å²) in [4.78, 5) is 2.34. The molecule has 0 bridgehead atoms. The van der Waals surface area contributed by atoms with E-state index in [-0.39, 0.29) is 10.7 Å². The zero-order valence-corrected chi connectivity index (χ0v) is 14.6. The van der Waals surface area contributed by atoms with Crippen LogP contribution in [-0.4, -0.2) is 48.7 Å². The van der Waals surface area contributed by atoms with Gasteiger partial charge in [0.05, 0.1) is 5.69 Å². The number of aryl methyl sites for hydroxylation is 2. The fraction of sp³-hybridized carbons (Fsp3) is 0.438. The van der Waals surface area contributed by atoms with Crippen LogP contribution in [0.2, 0.25) is 0 Å². The van der Waals surface area contributed by atoms with Crippen molar-refractivity contribution in [1.29, 1.82) is 0 Å². The van der Waals surface area contributed by atoms with Crippen molar-refractivity contribution in [2.45, 2.75) is 25.3 Å². The molecule has 1 aromatic heterocycles. The molecule has 0 spiro atoms. The minimum absolute atomic E-state index is 0.275. The Morgan fingerprint density at radius 3 is 2.29 bits per heavy atom. The van der Waals surface area contributed by atoms with Gasteiger partial charge < -0.3 is 4.90 Å². The number of hydrogen-bond acceptors (Lipinski definition) is 4. The first-order valence-corrected chi connectivity index (χ1v) is 9.40. The predicted octanol–water partition coefficient (Wildman–Crippen LogP) is 1.86. The van der Waals surface area contributed by atoms with Gasteiger partial charge in [0.1, 0.15) is 10.7 Å². The van der Waals surface area contributed by atoms with Gasteiger partial charge >= 0.3 is 0 Å². The summed E-state index contributed by atoms with van der Waals surface area (Å²) < 4.78 is 41.8. The molecule has 8 heteroatoms. The average molecular weight is 352 g/mol. The molecule has 130 valence electrons. The van der Waals surface area contributed by atoms with Crippen LogP contribution in [0.5, 0.6) is 0 Å². The van der Waals surface area contributed by atoms with E-state index >= 15 is 0 Å². The third-order valence-corrected chi connectivity index (χ3v) is 6.28. The lowest BCUT2D eigenvalue weighted by Gasteiger charge is -2.35. The van der Waals surface area contributed by atoms with Crippen molar-refractivity contribution in [1.82, 2.24) is 14.1 Å². The third kappa shape index (κ3) is 3.16. The van der Waals surface area contributed by atoms with E-state index in [4.69, 9.17) is 0 Å². The van der Waals surface area contributed by atoms with Crippen LogP contribution in [0.1, 0.15) is 12.6 Å². The molecule has 0 radical (unpaired) electrons. The highest BCUT2D eigenvalue weighted by atomic mass is 32.2. The second kappa shape index (κ2) is 6.52. The van der Waals surface area contributed by atoms with Gasteiger partial charge in [0.25, 0.3) is 0 Å². The van der Waals surface area contributed by atoms with E-state index < -0.39 is 10.0 Å². The molecule has 0 atom stereocenters. The van der Waals surface area contributed by atoms with E-state index in [9.17, 15) is 12.8 Å². The SMILES string of the molecule is CCn1cc(S(=O)(=O)N2CCN(c3ccc(F)cc3)CC2)c(C)n1. The molecule has 0 unspecified atom stereocenters. The Morgan fingerprint density at radius 2 is 1.75 bits per heavy atom. The zero-order valence-electron chi connectivity index (χ0n) is 13.8. The van der Waals surface area contributed by atoms with Gasteiger partial charge in [0.15, 0.2) is 0 Å². The smallest absolute Gasteiger partial charge is 0.246 e. The molecule has 0 N–H and O–H groups in total. The number of hydrogen-bond donors (Lipinski definition) is 0. The summed E-state index contributed by atoms with van der Waals surface area (Å²) in [5.74, 6) is -0.275. The number of nitrogens with zero attached hydrogens (tertiary/aromatic N) is 4. The van der Waals surface area contributed by atoms with Crippen LogP contribution in [0.3, 0.4) is 0 Å². The summed E-state index contributed by atoms with van der Waals surface area (Å²) in [5.41, 5.74) is 1.43. The van der Waals surface area contributed by atoms with Gasteiger partial charge in [-0.2, -0.15) is 9.40 Å². The van der Waals surface area contributed by atoms with Crippen molar-refractivity contribution in [2.24, 2.45) is 0 Å². The van der Waals surface area contributed by atoms with Crippen molar-refractivity contribution >= 4 is 15.7 Å². The van der Waals surface area contributed by atoms with E-state index in [1.54, 1.807) is 29.9 Å². The van der Waals surface area contributed by atoms with Crippen molar-refractivity contribution < 1.29 is 12.8 Å². The van der Waals surface area contributed by atoms with Crippen molar-refractivity contribution in [3.8, 4) is 0 Å². The fourth-order valence-corrected chi connectivity index (χ4v) is 4.48. The molecule has 1 fully saturated rings. The lowest BCUT2D eigenvalue weighted by atomic mass is 10.2. The lowest BCUT2D eigenvalue weighted by molar-refractivity contribution is 0.384. The Morgan fingerprint density at radius 1 is 1.12 bits per heavy atom. The zero-order chi connectivity index (χ0) is 17.3. The quantitative estimate of drug-likeness (QED) is 0.843. The van der Waals surface area contributed by atoms with E-state index in [2.05, 4.69) is 10.00 Å². The van der Waals surface area contributed by atoms with Gasteiger partial charge in [-0.25, -0.2) is 12.8 Å². The van der Waals surface area contributed by atoms with Crippen molar-refractivity contribution in [3.63, 3.8) is 0 Å². The first kappa shape index (κ1) is 16.9. The standard InChI is InChI=1S/C16H21FN4O2S/c1-3-20-12-16(13(2)18-20)24(22,23)21-10-8-19(9-11-21)15-6-4-14(17)5-7-15/h4-7,12H,3,8-11H2,1-2H3. The van der Waals surface area contributed by atoms with Crippen LogP contribution in [-0.2, 0) is 16.6 Å². The summed E-state index contributed by atoms with van der Waals surface area (Å²) in [6.45, 7) is 6.22. The van der Waals surface area contributed by atoms with E-state index in [0.29, 0.717) is 38.4 Å². The van der Waals surface area contributed by atoms with Crippen LogP contribution < -0.4 is 4.90 Å². The van der Waals surface area contributed by atoms with Gasteiger partial charge in [0, 0.05) is 44.6 Å². The van der Waals surface area contributed by atoms with Gasteiger partial charge in [-0.05, 0) is 38.1 Å². The van der Waals surface area contributed by atoms with Gasteiger partial charge in [-0.1, -0.05) is 0 Å². The Balaban J connectivity index is 1.73. The molecular formula is C16H21FN4O2S. The average Bonchev–Trinajstić information content (AvgIpc) is 2.97. The predicted molar refractivity (Wildman–Crippen MR) is 90.0 cm³/mol. The molecule has 3 rings (SSSR count). The Bertz CT molecular complexity index is 809. The number of benzene rings is 1. The number of piperazine rings is 1. The van der Waals surface area contributed by atoms with E-state index in [1.165, 1.54) is 16.4 Å². The summed E-state index contributed by atoms with van der Waals surface area (Å²) in [6.07, 6.45) is 1.59. The first-order valence-electron chi connectivity index (χ1n) is 7.96. The molecular weight excluding hydrogens is 331 g/mol. The second-order valence-electron chi connectivity index (χ2n) is 5.80. The number of rotatable bonds is 4. The second-order valence-corrected chi connectivity index (χ2v) is 7.71. The lowest BCUT2D eigenvalue weighted by Crippen LogP contribution is -2.48. The Labute approximate surface area is 141 Å². The molecule has 1 saturated heterocycles. The monoisotopic (exact) mass is 352 g/mol. The summed E-state index contributed by atoms with van der Waals surface area (Å²) in [7, 11) is -3.53. The molecule has 24 heavy (non-hydrogen) atoms. The first-order chi connectivity index (χ1) is 11.4. The summed E-state index contributed by atoms with van der Waals surface area (Å²) >= 11 is 0. The largest absolute Gasteiger partial charge is 0.369 e. The van der Waals surface area contributed by atoms with E-state index in [0.717, 1.165) is 5.69 Å². The number of halogens is 1. The molecule has 0 saturated carbocycles. The maximum absolute atomic E-state index is 13.0. The fourth-order valence-electron chi connectivity index (χ4n) is 2.89. The topological polar surface area (TPSA) is 58.4 Å². The molecule has 1 aromatic carbocycles. The molecule has 6 nitrogen and oxygen atoms in total. The number of aromatic nitrogens is 2. The Kier molecular flexibility index (Phi) is 4.60. The van der Waals surface area contributed by atoms with Crippen LogP contribution in [0.4, 0.5) is 10.1 Å². The third-order valence-electron chi connectivity index (χ3n) is 4.27. The highest BCUT2D eigenvalue weighted by Crippen LogP contribution is 2.23. The van der Waals surface area contributed by atoms with Crippen LogP contribution in [0.15, 0.2) is 35.4 Å². The van der Waals surface area contributed by atoms with E-state index in [1.807, 2.05) is 6.92 Å². The van der Waals surface area contributed by atoms with Crippen LogP contribution in [0.25, 0.3) is 0 Å². The highest BCUT2D eigenvalue weighted by molar-refractivity contribution is 7.89. The van der Waals surface area contributed by atoms with Gasteiger partial charge in [-0.15, -0.1) is 0 Å². The van der Waals surface area contributed by atoms with Crippen LogP contribution >= 0.6 is 0 Å². The molecule has 0 aliphatic carbocycles. The summed E-state index contributed by atoms with van der Waals surface area (Å²) in [5, 5.41) is 4.23. The molecule has 0 amide bonds. The number of anilines is 1. The van der Waals surface area contributed by atoms with Crippen LogP contribution in [0, 0.1) is 12.7 Å². The molecule has 1 aliphatic rings. The molecule has 1 aliphatic heterocycles. The molecule has 2 heterocycles. The van der Waals surface area contributed by atoms with Crippen molar-refractivity contribution in [3.05, 3.63) is 42.0 Å². The van der Waals surface area contributed by atoms with Crippen molar-refractivity contribution in [2.75, 3.05) is 31.1 Å². The maximum atomic E-state index is 13.0. The normalized spacial score (nSPS) is 16.5. The van der Waals surface area contributed by atoms with Gasteiger partial charge in [0.2, 0.25) is 10.0 Å². The minimum Gasteiger partial charge on any atom is -0.369 e. The molecule has 2 aromatic rings. The Hall–Kier alpha value is -1.93.